The number of nitrogens with zero attached hydrogens (tertiary/aromatic N) is 1. The molecule has 68 valence electrons. The van der Waals surface area contributed by atoms with Crippen molar-refractivity contribution in [3.63, 3.8) is 0 Å². The Morgan fingerprint density at radius 3 is 3.00 bits per heavy atom. The van der Waals surface area contributed by atoms with E-state index in [4.69, 9.17) is 11.5 Å². The molecule has 0 aliphatic carbocycles. The summed E-state index contributed by atoms with van der Waals surface area (Å²) in [4.78, 5) is 4.17. The molecule has 0 aliphatic rings. The van der Waals surface area contributed by atoms with Crippen LogP contribution in [0.25, 0.3) is 0 Å². The standard InChI is InChI=1S/C8H15N3S/c9-3-1-2-7(10)4-8-5-12-6-11-8/h5-7H,1-4,9-10H2. The van der Waals surface area contributed by atoms with Crippen molar-refractivity contribution in [1.82, 2.24) is 4.98 Å². The van der Waals surface area contributed by atoms with Gasteiger partial charge in [0.2, 0.25) is 0 Å². The smallest absolute Gasteiger partial charge is 0.0794 e. The lowest BCUT2D eigenvalue weighted by atomic mass is 10.1. The summed E-state index contributed by atoms with van der Waals surface area (Å²) in [5.74, 6) is 0. The molecule has 0 bridgehead atoms. The first kappa shape index (κ1) is 9.64. The summed E-state index contributed by atoms with van der Waals surface area (Å²) in [6.07, 6.45) is 2.88. The molecule has 12 heavy (non-hydrogen) atoms. The molecule has 0 aliphatic heterocycles. The highest BCUT2D eigenvalue weighted by Crippen LogP contribution is 2.05. The van der Waals surface area contributed by atoms with Crippen LogP contribution in [0.2, 0.25) is 0 Å². The zero-order valence-corrected chi connectivity index (χ0v) is 7.89. The van der Waals surface area contributed by atoms with Crippen molar-refractivity contribution < 1.29 is 0 Å². The van der Waals surface area contributed by atoms with Crippen molar-refractivity contribution in [2.24, 2.45) is 11.5 Å². The lowest BCUT2D eigenvalue weighted by Crippen LogP contribution is -2.23. The third kappa shape index (κ3) is 3.30. The molecule has 1 aromatic heterocycles. The Kier molecular flexibility index (Phi) is 4.21. The first-order valence-electron chi connectivity index (χ1n) is 4.15. The molecule has 4 heteroatoms. The molecule has 4 N–H and O–H groups in total. The fourth-order valence-electron chi connectivity index (χ4n) is 1.09. The zero-order valence-electron chi connectivity index (χ0n) is 7.07. The van der Waals surface area contributed by atoms with Gasteiger partial charge in [-0.15, -0.1) is 11.3 Å². The Hall–Kier alpha value is -0.450. The van der Waals surface area contributed by atoms with Gasteiger partial charge in [0.1, 0.15) is 0 Å². The Morgan fingerprint density at radius 2 is 2.42 bits per heavy atom. The monoisotopic (exact) mass is 185 g/mol. The van der Waals surface area contributed by atoms with E-state index in [-0.39, 0.29) is 6.04 Å². The summed E-state index contributed by atoms with van der Waals surface area (Å²) in [6.45, 7) is 0.727. The van der Waals surface area contributed by atoms with E-state index in [9.17, 15) is 0 Å². The highest BCUT2D eigenvalue weighted by Gasteiger charge is 2.04. The van der Waals surface area contributed by atoms with Gasteiger partial charge < -0.3 is 11.5 Å². The van der Waals surface area contributed by atoms with E-state index in [1.54, 1.807) is 11.3 Å². The molecular weight excluding hydrogens is 170 g/mol. The molecule has 0 aromatic carbocycles. The molecule has 1 unspecified atom stereocenters. The van der Waals surface area contributed by atoms with Gasteiger partial charge >= 0.3 is 0 Å². The van der Waals surface area contributed by atoms with E-state index in [0.717, 1.165) is 31.5 Å². The number of thiazole rings is 1. The van der Waals surface area contributed by atoms with Crippen LogP contribution in [0.4, 0.5) is 0 Å². The van der Waals surface area contributed by atoms with E-state index in [2.05, 4.69) is 4.98 Å². The van der Waals surface area contributed by atoms with Gasteiger partial charge in [0.15, 0.2) is 0 Å². The van der Waals surface area contributed by atoms with Crippen molar-refractivity contribution in [3.05, 3.63) is 16.6 Å². The van der Waals surface area contributed by atoms with Crippen molar-refractivity contribution in [2.45, 2.75) is 25.3 Å². The molecule has 0 saturated carbocycles. The third-order valence-electron chi connectivity index (χ3n) is 1.73. The van der Waals surface area contributed by atoms with E-state index in [1.165, 1.54) is 0 Å². The molecule has 1 heterocycles. The highest BCUT2D eigenvalue weighted by atomic mass is 32.1. The molecule has 1 aromatic rings. The van der Waals surface area contributed by atoms with E-state index >= 15 is 0 Å². The molecule has 1 rings (SSSR count). The SMILES string of the molecule is NCCCC(N)Cc1cscn1. The molecular formula is C8H15N3S. The highest BCUT2D eigenvalue weighted by molar-refractivity contribution is 7.07. The number of nitrogens with two attached hydrogens (primary N) is 2. The summed E-state index contributed by atoms with van der Waals surface area (Å²) >= 11 is 1.61. The lowest BCUT2D eigenvalue weighted by molar-refractivity contribution is 0.580. The number of aromatic nitrogens is 1. The first-order valence-corrected chi connectivity index (χ1v) is 5.10. The minimum absolute atomic E-state index is 0.218. The first-order chi connectivity index (χ1) is 5.83. The fourth-order valence-corrected chi connectivity index (χ4v) is 1.66. The average Bonchev–Trinajstić information content (AvgIpc) is 2.53. The van der Waals surface area contributed by atoms with Gasteiger partial charge in [0.25, 0.3) is 0 Å². The number of rotatable bonds is 5. The van der Waals surface area contributed by atoms with Gasteiger partial charge in [-0.1, -0.05) is 0 Å². The summed E-state index contributed by atoms with van der Waals surface area (Å²) in [5, 5.41) is 2.04. The summed E-state index contributed by atoms with van der Waals surface area (Å²) in [5.41, 5.74) is 14.2. The maximum absolute atomic E-state index is 5.86. The van der Waals surface area contributed by atoms with Gasteiger partial charge in [0.05, 0.1) is 11.2 Å². The van der Waals surface area contributed by atoms with Crippen LogP contribution in [0.5, 0.6) is 0 Å². The normalized spacial score (nSPS) is 13.2. The van der Waals surface area contributed by atoms with Crippen LogP contribution >= 0.6 is 11.3 Å². The van der Waals surface area contributed by atoms with Crippen LogP contribution in [0.15, 0.2) is 10.9 Å². The third-order valence-corrected chi connectivity index (χ3v) is 2.37. The minimum atomic E-state index is 0.218. The Bertz CT molecular complexity index is 198. The second kappa shape index (κ2) is 5.24. The fraction of sp³-hybridized carbons (Fsp3) is 0.625. The molecule has 0 fully saturated rings. The van der Waals surface area contributed by atoms with Crippen LogP contribution in [0.1, 0.15) is 18.5 Å². The van der Waals surface area contributed by atoms with E-state index in [1.807, 2.05) is 10.9 Å². The van der Waals surface area contributed by atoms with E-state index in [0.29, 0.717) is 0 Å². The maximum atomic E-state index is 5.86. The number of hydrogen-bond acceptors (Lipinski definition) is 4. The van der Waals surface area contributed by atoms with Gasteiger partial charge in [0, 0.05) is 17.8 Å². The van der Waals surface area contributed by atoms with Crippen molar-refractivity contribution in [1.29, 1.82) is 0 Å². The van der Waals surface area contributed by atoms with Crippen LogP contribution in [0, 0.1) is 0 Å². The van der Waals surface area contributed by atoms with Crippen molar-refractivity contribution in [3.8, 4) is 0 Å². The van der Waals surface area contributed by atoms with Gasteiger partial charge in [-0.3, -0.25) is 0 Å². The second-order valence-corrected chi connectivity index (χ2v) is 3.59. The quantitative estimate of drug-likeness (QED) is 0.711. The van der Waals surface area contributed by atoms with Crippen LogP contribution < -0.4 is 11.5 Å². The van der Waals surface area contributed by atoms with E-state index < -0.39 is 0 Å². The van der Waals surface area contributed by atoms with Crippen molar-refractivity contribution >= 4 is 11.3 Å². The Labute approximate surface area is 76.8 Å². The second-order valence-electron chi connectivity index (χ2n) is 2.87. The Morgan fingerprint density at radius 1 is 1.58 bits per heavy atom. The van der Waals surface area contributed by atoms with Gasteiger partial charge in [-0.05, 0) is 19.4 Å². The summed E-state index contributed by atoms with van der Waals surface area (Å²) in [7, 11) is 0. The van der Waals surface area contributed by atoms with Gasteiger partial charge in [-0.2, -0.15) is 0 Å². The predicted molar refractivity (Wildman–Crippen MR) is 52.1 cm³/mol. The van der Waals surface area contributed by atoms with Crippen LogP contribution in [-0.4, -0.2) is 17.6 Å². The maximum Gasteiger partial charge on any atom is 0.0794 e. The van der Waals surface area contributed by atoms with Crippen LogP contribution in [0.3, 0.4) is 0 Å². The molecule has 0 amide bonds. The zero-order chi connectivity index (χ0) is 8.81. The Balaban J connectivity index is 2.22. The largest absolute Gasteiger partial charge is 0.330 e. The summed E-state index contributed by atoms with van der Waals surface area (Å²) < 4.78 is 0. The molecule has 0 radical (unpaired) electrons. The lowest BCUT2D eigenvalue weighted by Gasteiger charge is -2.07. The summed E-state index contributed by atoms with van der Waals surface area (Å²) in [6, 6.07) is 0.218. The average molecular weight is 185 g/mol. The molecule has 3 nitrogen and oxygen atoms in total. The molecule has 0 saturated heterocycles. The van der Waals surface area contributed by atoms with Crippen LogP contribution in [-0.2, 0) is 6.42 Å². The number of hydrogen-bond donors (Lipinski definition) is 2. The van der Waals surface area contributed by atoms with Gasteiger partial charge in [-0.25, -0.2) is 4.98 Å². The minimum Gasteiger partial charge on any atom is -0.330 e. The molecule has 0 spiro atoms. The predicted octanol–water partition coefficient (Wildman–Crippen LogP) is 0.752. The molecule has 1 atom stereocenters. The van der Waals surface area contributed by atoms with Crippen molar-refractivity contribution in [2.75, 3.05) is 6.54 Å². The topological polar surface area (TPSA) is 64.9 Å².